The zero-order chi connectivity index (χ0) is 14.4. The predicted molar refractivity (Wildman–Crippen MR) is 81.6 cm³/mol. The summed E-state index contributed by atoms with van der Waals surface area (Å²) in [4.78, 5) is 13.3. The molecule has 0 spiro atoms. The van der Waals surface area contributed by atoms with Crippen molar-refractivity contribution in [2.24, 2.45) is 5.92 Å². The van der Waals surface area contributed by atoms with Gasteiger partial charge < -0.3 is 9.73 Å². The molecule has 0 bridgehead atoms. The number of benzene rings is 1. The lowest BCUT2D eigenvalue weighted by molar-refractivity contribution is -0.124. The van der Waals surface area contributed by atoms with E-state index in [-0.39, 0.29) is 17.9 Å². The molecule has 1 amide bonds. The summed E-state index contributed by atoms with van der Waals surface area (Å²) in [6.07, 6.45) is 1.62. The third-order valence-corrected chi connectivity index (χ3v) is 4.29. The molecule has 3 nitrogen and oxygen atoms in total. The van der Waals surface area contributed by atoms with E-state index in [1.807, 2.05) is 44.2 Å². The van der Waals surface area contributed by atoms with Crippen molar-refractivity contribution in [1.29, 1.82) is 0 Å². The number of rotatable bonds is 6. The van der Waals surface area contributed by atoms with Gasteiger partial charge in [0.05, 0.1) is 12.3 Å². The minimum atomic E-state index is -0.0957. The van der Waals surface area contributed by atoms with Gasteiger partial charge in [-0.2, -0.15) is 0 Å². The average Bonchev–Trinajstić information content (AvgIpc) is 3.00. The quantitative estimate of drug-likeness (QED) is 0.820. The molecule has 0 saturated heterocycles. The van der Waals surface area contributed by atoms with Crippen LogP contribution in [0.2, 0.25) is 0 Å². The number of carbonyl (C=O) groups is 1. The predicted octanol–water partition coefficient (Wildman–Crippen LogP) is 3.89. The van der Waals surface area contributed by atoms with Crippen LogP contribution in [0.1, 0.15) is 25.6 Å². The second-order valence-electron chi connectivity index (χ2n) is 4.77. The van der Waals surface area contributed by atoms with Crippen molar-refractivity contribution in [1.82, 2.24) is 5.32 Å². The average molecular weight is 289 g/mol. The van der Waals surface area contributed by atoms with Crippen LogP contribution in [-0.2, 0) is 4.79 Å². The molecular formula is C16H19NO2S. The Morgan fingerprint density at radius 1 is 1.20 bits per heavy atom. The van der Waals surface area contributed by atoms with Crippen molar-refractivity contribution in [3.63, 3.8) is 0 Å². The molecular weight excluding hydrogens is 270 g/mol. The Morgan fingerprint density at radius 3 is 2.60 bits per heavy atom. The molecule has 2 atom stereocenters. The normalized spacial score (nSPS) is 13.7. The molecule has 1 N–H and O–H groups in total. The highest BCUT2D eigenvalue weighted by Crippen LogP contribution is 2.21. The lowest BCUT2D eigenvalue weighted by Gasteiger charge is -2.15. The number of hydrogen-bond donors (Lipinski definition) is 1. The molecule has 1 aromatic carbocycles. The molecule has 0 radical (unpaired) electrons. The van der Waals surface area contributed by atoms with E-state index in [4.69, 9.17) is 4.42 Å². The van der Waals surface area contributed by atoms with Gasteiger partial charge in [-0.15, -0.1) is 11.8 Å². The molecule has 4 heteroatoms. The van der Waals surface area contributed by atoms with E-state index in [9.17, 15) is 4.79 Å². The molecule has 0 aliphatic heterocycles. The zero-order valence-corrected chi connectivity index (χ0v) is 12.5. The van der Waals surface area contributed by atoms with Crippen LogP contribution in [0.3, 0.4) is 0 Å². The van der Waals surface area contributed by atoms with Crippen LogP contribution < -0.4 is 5.32 Å². The minimum absolute atomic E-state index is 0.0439. The van der Waals surface area contributed by atoms with Crippen LogP contribution in [0.5, 0.6) is 0 Å². The van der Waals surface area contributed by atoms with Gasteiger partial charge in [0.15, 0.2) is 0 Å². The number of nitrogens with one attached hydrogen (secondary N) is 1. The Labute approximate surface area is 123 Å². The van der Waals surface area contributed by atoms with Crippen molar-refractivity contribution < 1.29 is 9.21 Å². The van der Waals surface area contributed by atoms with Gasteiger partial charge in [-0.3, -0.25) is 4.79 Å². The molecule has 0 aliphatic rings. The summed E-state index contributed by atoms with van der Waals surface area (Å²) in [6, 6.07) is 13.7. The van der Waals surface area contributed by atoms with E-state index in [0.29, 0.717) is 0 Å². The van der Waals surface area contributed by atoms with Crippen molar-refractivity contribution in [3.8, 4) is 0 Å². The standard InChI is InChI=1S/C16H19NO2S/c1-12(11-20-14-7-4-3-5-8-14)16(18)17-13(2)15-9-6-10-19-15/h3-10,12-13H,11H2,1-2H3,(H,17,18). The first kappa shape index (κ1) is 14.7. The van der Waals surface area contributed by atoms with Crippen molar-refractivity contribution in [2.75, 3.05) is 5.75 Å². The Hall–Kier alpha value is -1.68. The summed E-state index contributed by atoms with van der Waals surface area (Å²) >= 11 is 1.70. The minimum Gasteiger partial charge on any atom is -0.467 e. The SMILES string of the molecule is CC(CSc1ccccc1)C(=O)NC(C)c1ccco1. The number of thioether (sulfide) groups is 1. The van der Waals surface area contributed by atoms with Gasteiger partial charge in [0.1, 0.15) is 5.76 Å². The summed E-state index contributed by atoms with van der Waals surface area (Å²) in [6.45, 7) is 3.87. The van der Waals surface area contributed by atoms with Gasteiger partial charge in [0.25, 0.3) is 0 Å². The Balaban J connectivity index is 1.80. The van der Waals surface area contributed by atoms with E-state index in [1.54, 1.807) is 18.0 Å². The zero-order valence-electron chi connectivity index (χ0n) is 11.7. The summed E-state index contributed by atoms with van der Waals surface area (Å²) < 4.78 is 5.29. The molecule has 2 rings (SSSR count). The smallest absolute Gasteiger partial charge is 0.224 e. The first-order chi connectivity index (χ1) is 9.66. The van der Waals surface area contributed by atoms with Gasteiger partial charge in [-0.25, -0.2) is 0 Å². The van der Waals surface area contributed by atoms with Gasteiger partial charge in [-0.05, 0) is 31.2 Å². The van der Waals surface area contributed by atoms with Gasteiger partial charge in [-0.1, -0.05) is 25.1 Å². The topological polar surface area (TPSA) is 42.2 Å². The third kappa shape index (κ3) is 4.17. The van der Waals surface area contributed by atoms with E-state index in [0.717, 1.165) is 11.5 Å². The summed E-state index contributed by atoms with van der Waals surface area (Å²) in [7, 11) is 0. The van der Waals surface area contributed by atoms with Gasteiger partial charge in [0, 0.05) is 16.6 Å². The molecule has 1 aromatic heterocycles. The van der Waals surface area contributed by atoms with Crippen molar-refractivity contribution in [2.45, 2.75) is 24.8 Å². The van der Waals surface area contributed by atoms with Crippen LogP contribution in [0.25, 0.3) is 0 Å². The van der Waals surface area contributed by atoms with Crippen molar-refractivity contribution >= 4 is 17.7 Å². The Kier molecular flexibility index (Phi) is 5.30. The van der Waals surface area contributed by atoms with E-state index < -0.39 is 0 Å². The molecule has 20 heavy (non-hydrogen) atoms. The molecule has 106 valence electrons. The Bertz CT molecular complexity index is 525. The van der Waals surface area contributed by atoms with E-state index in [2.05, 4.69) is 17.4 Å². The maximum Gasteiger partial charge on any atom is 0.224 e. The lowest BCUT2D eigenvalue weighted by atomic mass is 10.1. The molecule has 0 aliphatic carbocycles. The van der Waals surface area contributed by atoms with E-state index in [1.165, 1.54) is 4.90 Å². The second kappa shape index (κ2) is 7.20. The first-order valence-corrected chi connectivity index (χ1v) is 7.67. The number of furan rings is 1. The second-order valence-corrected chi connectivity index (χ2v) is 5.86. The molecule has 0 saturated carbocycles. The van der Waals surface area contributed by atoms with Crippen LogP contribution in [0, 0.1) is 5.92 Å². The molecule has 1 heterocycles. The van der Waals surface area contributed by atoms with Crippen molar-refractivity contribution in [3.05, 3.63) is 54.5 Å². The van der Waals surface area contributed by atoms with Crippen LogP contribution in [0.15, 0.2) is 58.0 Å². The first-order valence-electron chi connectivity index (χ1n) is 6.68. The summed E-state index contributed by atoms with van der Waals surface area (Å²) in [5, 5.41) is 2.97. The highest BCUT2D eigenvalue weighted by Gasteiger charge is 2.17. The fourth-order valence-electron chi connectivity index (χ4n) is 1.78. The Morgan fingerprint density at radius 2 is 1.95 bits per heavy atom. The number of carbonyl (C=O) groups excluding carboxylic acids is 1. The van der Waals surface area contributed by atoms with Crippen LogP contribution >= 0.6 is 11.8 Å². The maximum absolute atomic E-state index is 12.1. The third-order valence-electron chi connectivity index (χ3n) is 3.02. The molecule has 0 fully saturated rings. The fourth-order valence-corrected chi connectivity index (χ4v) is 2.72. The maximum atomic E-state index is 12.1. The highest BCUT2D eigenvalue weighted by molar-refractivity contribution is 7.99. The summed E-state index contributed by atoms with van der Waals surface area (Å²) in [5.41, 5.74) is 0. The summed E-state index contributed by atoms with van der Waals surface area (Å²) in [5.74, 6) is 1.55. The number of amides is 1. The van der Waals surface area contributed by atoms with Gasteiger partial charge >= 0.3 is 0 Å². The lowest BCUT2D eigenvalue weighted by Crippen LogP contribution is -2.32. The van der Waals surface area contributed by atoms with Crippen LogP contribution in [0.4, 0.5) is 0 Å². The fraction of sp³-hybridized carbons (Fsp3) is 0.312. The number of hydrogen-bond acceptors (Lipinski definition) is 3. The van der Waals surface area contributed by atoms with E-state index >= 15 is 0 Å². The van der Waals surface area contributed by atoms with Gasteiger partial charge in [0.2, 0.25) is 5.91 Å². The molecule has 2 unspecified atom stereocenters. The molecule has 2 aromatic rings. The highest BCUT2D eigenvalue weighted by atomic mass is 32.2. The largest absolute Gasteiger partial charge is 0.467 e. The monoisotopic (exact) mass is 289 g/mol. The van der Waals surface area contributed by atoms with Crippen LogP contribution in [-0.4, -0.2) is 11.7 Å².